The molecule has 5 rings (SSSR count). The Morgan fingerprint density at radius 1 is 1.17 bits per heavy atom. The minimum Gasteiger partial charge on any atom is -0.351 e. The number of hydrogen-bond acceptors (Lipinski definition) is 7. The number of amides is 2. The molecular formula is C26H31N7O2. The van der Waals surface area contributed by atoms with Gasteiger partial charge in [0.05, 0.1) is 18.0 Å². The van der Waals surface area contributed by atoms with Crippen LogP contribution in [0.1, 0.15) is 42.1 Å². The van der Waals surface area contributed by atoms with Crippen molar-refractivity contribution in [1.82, 2.24) is 19.8 Å². The molecule has 9 nitrogen and oxygen atoms in total. The first kappa shape index (κ1) is 23.1. The highest BCUT2D eigenvalue weighted by atomic mass is 16.2. The maximum atomic E-state index is 13.0. The number of aromatic nitrogens is 2. The topological polar surface area (TPSA) is 103 Å². The zero-order chi connectivity index (χ0) is 24.2. The van der Waals surface area contributed by atoms with E-state index in [4.69, 9.17) is 4.98 Å². The summed E-state index contributed by atoms with van der Waals surface area (Å²) in [6.45, 7) is 3.70. The van der Waals surface area contributed by atoms with Gasteiger partial charge in [-0.3, -0.25) is 19.6 Å². The standard InChI is InChI=1S/C26H31N7O2/c1-18(34)32(9-4-7-22-14-27-17-29-22)16-25(35)33-10-8-24-21(15-33)13-28-26(31-24)30-23-11-19-5-2-3-6-20(19)12-23/h2-3,5-6,13-14,23H,4,7-12,15-17H2,1H3,(H,28,30,31). The van der Waals surface area contributed by atoms with Crippen molar-refractivity contribution in [2.24, 2.45) is 9.98 Å². The van der Waals surface area contributed by atoms with Gasteiger partial charge in [0.15, 0.2) is 0 Å². The highest BCUT2D eigenvalue weighted by Crippen LogP contribution is 2.24. The molecule has 1 aromatic heterocycles. The molecule has 9 heteroatoms. The van der Waals surface area contributed by atoms with Gasteiger partial charge in [0.25, 0.3) is 0 Å². The molecule has 3 heterocycles. The summed E-state index contributed by atoms with van der Waals surface area (Å²) in [5.41, 5.74) is 5.69. The Bertz CT molecular complexity index is 1150. The van der Waals surface area contributed by atoms with Crippen molar-refractivity contribution in [3.63, 3.8) is 0 Å². The summed E-state index contributed by atoms with van der Waals surface area (Å²) in [7, 11) is 0. The number of anilines is 1. The predicted octanol–water partition coefficient (Wildman–Crippen LogP) is 2.05. The third-order valence-corrected chi connectivity index (χ3v) is 6.90. The van der Waals surface area contributed by atoms with Crippen molar-refractivity contribution in [1.29, 1.82) is 0 Å². The highest BCUT2D eigenvalue weighted by molar-refractivity contribution is 6.31. The van der Waals surface area contributed by atoms with E-state index < -0.39 is 0 Å². The first-order valence-electron chi connectivity index (χ1n) is 12.3. The number of carbonyl (C=O) groups excluding carboxylic acids is 2. The van der Waals surface area contributed by atoms with E-state index in [1.807, 2.05) is 6.20 Å². The lowest BCUT2D eigenvalue weighted by Gasteiger charge is -2.30. The Balaban J connectivity index is 1.14. The Labute approximate surface area is 205 Å². The van der Waals surface area contributed by atoms with Gasteiger partial charge in [-0.05, 0) is 36.8 Å². The van der Waals surface area contributed by atoms with Gasteiger partial charge < -0.3 is 15.1 Å². The number of aliphatic imine (C=N–C) groups is 2. The second-order valence-electron chi connectivity index (χ2n) is 9.40. The lowest BCUT2D eigenvalue weighted by Crippen LogP contribution is -2.44. The minimum absolute atomic E-state index is 0.0449. The molecule has 0 saturated heterocycles. The summed E-state index contributed by atoms with van der Waals surface area (Å²) in [5, 5.41) is 3.49. The Hall–Kier alpha value is -3.62. The third kappa shape index (κ3) is 5.55. The van der Waals surface area contributed by atoms with Crippen molar-refractivity contribution in [3.8, 4) is 0 Å². The third-order valence-electron chi connectivity index (χ3n) is 6.90. The van der Waals surface area contributed by atoms with Crippen LogP contribution in [0.3, 0.4) is 0 Å². The van der Waals surface area contributed by atoms with Gasteiger partial charge in [-0.15, -0.1) is 0 Å². The molecule has 35 heavy (non-hydrogen) atoms. The van der Waals surface area contributed by atoms with Crippen LogP contribution in [0.5, 0.6) is 0 Å². The van der Waals surface area contributed by atoms with Crippen LogP contribution < -0.4 is 5.32 Å². The average Bonchev–Trinajstić information content (AvgIpc) is 3.52. The van der Waals surface area contributed by atoms with E-state index in [0.29, 0.717) is 44.7 Å². The largest absolute Gasteiger partial charge is 0.351 e. The molecule has 3 aliphatic rings. The summed E-state index contributed by atoms with van der Waals surface area (Å²) in [5.74, 6) is 0.517. The van der Waals surface area contributed by atoms with Crippen LogP contribution in [-0.2, 0) is 35.4 Å². The number of fused-ring (bicyclic) bond motifs is 2. The molecule has 0 atom stereocenters. The molecule has 1 aliphatic carbocycles. The van der Waals surface area contributed by atoms with Gasteiger partial charge in [0.1, 0.15) is 6.67 Å². The van der Waals surface area contributed by atoms with E-state index in [1.165, 1.54) is 18.1 Å². The van der Waals surface area contributed by atoms with Crippen LogP contribution in [0.2, 0.25) is 0 Å². The number of nitrogens with zero attached hydrogens (tertiary/aromatic N) is 6. The molecule has 2 amide bonds. The molecule has 182 valence electrons. The van der Waals surface area contributed by atoms with Gasteiger partial charge in [0.2, 0.25) is 17.8 Å². The van der Waals surface area contributed by atoms with E-state index in [2.05, 4.69) is 44.6 Å². The van der Waals surface area contributed by atoms with Crippen molar-refractivity contribution in [2.75, 3.05) is 31.6 Å². The molecule has 2 aromatic rings. The van der Waals surface area contributed by atoms with Crippen LogP contribution >= 0.6 is 0 Å². The second kappa shape index (κ2) is 10.3. The van der Waals surface area contributed by atoms with Crippen molar-refractivity contribution >= 4 is 29.7 Å². The summed E-state index contributed by atoms with van der Waals surface area (Å²) < 4.78 is 0. The van der Waals surface area contributed by atoms with E-state index in [1.54, 1.807) is 16.0 Å². The summed E-state index contributed by atoms with van der Waals surface area (Å²) in [6, 6.07) is 8.84. The fourth-order valence-electron chi connectivity index (χ4n) is 4.97. The first-order valence-corrected chi connectivity index (χ1v) is 12.3. The summed E-state index contributed by atoms with van der Waals surface area (Å²) in [4.78, 5) is 46.2. The van der Waals surface area contributed by atoms with Gasteiger partial charge in [-0.2, -0.15) is 0 Å². The van der Waals surface area contributed by atoms with Crippen LogP contribution in [-0.4, -0.2) is 75.9 Å². The van der Waals surface area contributed by atoms with Crippen molar-refractivity contribution in [3.05, 3.63) is 52.8 Å². The fraction of sp³-hybridized carbons (Fsp3) is 0.462. The summed E-state index contributed by atoms with van der Waals surface area (Å²) in [6.07, 6.45) is 7.78. The molecule has 0 spiro atoms. The lowest BCUT2D eigenvalue weighted by atomic mass is 10.1. The predicted molar refractivity (Wildman–Crippen MR) is 135 cm³/mol. The number of carbonyl (C=O) groups is 2. The van der Waals surface area contributed by atoms with E-state index in [9.17, 15) is 9.59 Å². The quantitative estimate of drug-likeness (QED) is 0.632. The Morgan fingerprint density at radius 3 is 2.69 bits per heavy atom. The average molecular weight is 474 g/mol. The molecule has 0 saturated carbocycles. The minimum atomic E-state index is -0.0918. The molecule has 1 N–H and O–H groups in total. The molecule has 2 aliphatic heterocycles. The van der Waals surface area contributed by atoms with Crippen LogP contribution in [0.4, 0.5) is 5.95 Å². The van der Waals surface area contributed by atoms with Crippen molar-refractivity contribution in [2.45, 2.75) is 51.6 Å². The van der Waals surface area contributed by atoms with Crippen LogP contribution in [0.15, 0.2) is 40.4 Å². The van der Waals surface area contributed by atoms with E-state index >= 15 is 0 Å². The number of hydrogen-bond donors (Lipinski definition) is 1. The first-order chi connectivity index (χ1) is 17.0. The smallest absolute Gasteiger partial charge is 0.242 e. The molecule has 0 fully saturated rings. The maximum Gasteiger partial charge on any atom is 0.242 e. The zero-order valence-corrected chi connectivity index (χ0v) is 20.1. The lowest BCUT2D eigenvalue weighted by molar-refractivity contribution is -0.140. The van der Waals surface area contributed by atoms with E-state index in [-0.39, 0.29) is 18.4 Å². The van der Waals surface area contributed by atoms with Gasteiger partial charge >= 0.3 is 0 Å². The van der Waals surface area contributed by atoms with Crippen molar-refractivity contribution < 1.29 is 9.59 Å². The second-order valence-corrected chi connectivity index (χ2v) is 9.40. The van der Waals surface area contributed by atoms with Gasteiger partial charge in [0, 0.05) is 57.0 Å². The monoisotopic (exact) mass is 473 g/mol. The molecule has 0 radical (unpaired) electrons. The SMILES string of the molecule is CC(=O)N(CCCC1=NCN=C1)CC(=O)N1CCc2nc(NC3Cc4ccccc4C3)ncc2C1. The zero-order valence-electron chi connectivity index (χ0n) is 20.1. The Kier molecular flexibility index (Phi) is 6.83. The molecule has 1 aromatic carbocycles. The maximum absolute atomic E-state index is 13.0. The fourth-order valence-corrected chi connectivity index (χ4v) is 4.97. The molecule has 0 unspecified atom stereocenters. The Morgan fingerprint density at radius 2 is 1.97 bits per heavy atom. The summed E-state index contributed by atoms with van der Waals surface area (Å²) >= 11 is 0. The highest BCUT2D eigenvalue weighted by Gasteiger charge is 2.26. The van der Waals surface area contributed by atoms with Gasteiger partial charge in [-0.25, -0.2) is 9.97 Å². The van der Waals surface area contributed by atoms with Gasteiger partial charge in [-0.1, -0.05) is 24.3 Å². The number of nitrogens with one attached hydrogen (secondary N) is 1. The molecule has 0 bridgehead atoms. The van der Waals surface area contributed by atoms with Crippen LogP contribution in [0, 0.1) is 0 Å². The molecular weight excluding hydrogens is 442 g/mol. The normalized spacial score (nSPS) is 16.6. The number of benzene rings is 1. The van der Waals surface area contributed by atoms with E-state index in [0.717, 1.165) is 42.7 Å². The number of rotatable bonds is 8. The van der Waals surface area contributed by atoms with Crippen LogP contribution in [0.25, 0.3) is 0 Å².